The summed E-state index contributed by atoms with van der Waals surface area (Å²) < 4.78 is 4.98. The Kier molecular flexibility index (Phi) is 2.43. The van der Waals surface area contributed by atoms with Crippen LogP contribution in [-0.2, 0) is 9.53 Å². The van der Waals surface area contributed by atoms with Crippen LogP contribution in [-0.4, -0.2) is 18.4 Å². The van der Waals surface area contributed by atoms with E-state index in [2.05, 4.69) is 0 Å². The third-order valence-electron chi connectivity index (χ3n) is 2.21. The molecule has 0 heterocycles. The van der Waals surface area contributed by atoms with E-state index >= 15 is 0 Å². The summed E-state index contributed by atoms with van der Waals surface area (Å²) in [5.74, 6) is 0.490. The van der Waals surface area contributed by atoms with Gasteiger partial charge in [-0.05, 0) is 13.0 Å². The maximum Gasteiger partial charge on any atom is 0.153 e. The molecule has 0 saturated carbocycles. The number of Topliss-reactive ketones (excluding diaryl/α,β-unsaturated/α-hetero) is 1. The monoisotopic (exact) mass is 182 g/mol. The molecular formula is C9H14N2O2. The standard InChI is InChI=1S/C9H14N2O2/c1-6(12)9(11)4-3-8(13-2)7(10)5-9/h3-4H,5,10-11H2,1-2H3. The molecule has 0 fully saturated rings. The summed E-state index contributed by atoms with van der Waals surface area (Å²) in [6.45, 7) is 1.45. The summed E-state index contributed by atoms with van der Waals surface area (Å²) in [5, 5.41) is 0. The number of carbonyl (C=O) groups is 1. The quantitative estimate of drug-likeness (QED) is 0.632. The molecule has 4 N–H and O–H groups in total. The number of rotatable bonds is 2. The Balaban J connectivity index is 2.92. The van der Waals surface area contributed by atoms with Crippen LogP contribution < -0.4 is 11.5 Å². The Morgan fingerprint density at radius 1 is 1.69 bits per heavy atom. The van der Waals surface area contributed by atoms with Gasteiger partial charge in [-0.25, -0.2) is 0 Å². The number of hydrogen-bond acceptors (Lipinski definition) is 4. The number of ketones is 1. The molecule has 13 heavy (non-hydrogen) atoms. The molecule has 0 aromatic heterocycles. The van der Waals surface area contributed by atoms with E-state index in [1.165, 1.54) is 14.0 Å². The lowest BCUT2D eigenvalue weighted by molar-refractivity contribution is -0.120. The van der Waals surface area contributed by atoms with E-state index in [4.69, 9.17) is 16.2 Å². The van der Waals surface area contributed by atoms with Crippen LogP contribution in [0.15, 0.2) is 23.6 Å². The number of ether oxygens (including phenoxy) is 1. The topological polar surface area (TPSA) is 78.3 Å². The third-order valence-corrected chi connectivity index (χ3v) is 2.21. The van der Waals surface area contributed by atoms with Crippen molar-refractivity contribution in [3.63, 3.8) is 0 Å². The minimum Gasteiger partial charge on any atom is -0.495 e. The maximum absolute atomic E-state index is 11.2. The number of hydrogen-bond donors (Lipinski definition) is 2. The lowest BCUT2D eigenvalue weighted by atomic mass is 9.86. The average molecular weight is 182 g/mol. The summed E-state index contributed by atoms with van der Waals surface area (Å²) in [6, 6.07) is 0. The Morgan fingerprint density at radius 3 is 2.69 bits per heavy atom. The second-order valence-electron chi connectivity index (χ2n) is 3.20. The Labute approximate surface area is 77.2 Å². The summed E-state index contributed by atoms with van der Waals surface area (Å²) >= 11 is 0. The molecule has 4 nitrogen and oxygen atoms in total. The van der Waals surface area contributed by atoms with Gasteiger partial charge in [-0.2, -0.15) is 0 Å². The van der Waals surface area contributed by atoms with E-state index in [0.29, 0.717) is 17.9 Å². The zero-order chi connectivity index (χ0) is 10.1. The molecule has 0 aromatic carbocycles. The van der Waals surface area contributed by atoms with Crippen LogP contribution in [0, 0.1) is 0 Å². The Bertz CT molecular complexity index is 294. The molecule has 1 unspecified atom stereocenters. The van der Waals surface area contributed by atoms with Gasteiger partial charge in [0, 0.05) is 6.42 Å². The van der Waals surface area contributed by atoms with Gasteiger partial charge in [-0.15, -0.1) is 0 Å². The Morgan fingerprint density at radius 2 is 2.31 bits per heavy atom. The van der Waals surface area contributed by atoms with Crippen molar-refractivity contribution in [2.45, 2.75) is 18.9 Å². The minimum absolute atomic E-state index is 0.0955. The molecule has 1 aliphatic rings. The van der Waals surface area contributed by atoms with Crippen LogP contribution >= 0.6 is 0 Å². The van der Waals surface area contributed by atoms with Gasteiger partial charge in [-0.1, -0.05) is 6.08 Å². The number of methoxy groups -OCH3 is 1. The molecular weight excluding hydrogens is 168 g/mol. The van der Waals surface area contributed by atoms with Crippen molar-refractivity contribution in [3.8, 4) is 0 Å². The van der Waals surface area contributed by atoms with E-state index in [1.807, 2.05) is 0 Å². The van der Waals surface area contributed by atoms with Crippen molar-refractivity contribution >= 4 is 5.78 Å². The van der Waals surface area contributed by atoms with Crippen LogP contribution in [0.5, 0.6) is 0 Å². The second-order valence-corrected chi connectivity index (χ2v) is 3.20. The maximum atomic E-state index is 11.2. The fourth-order valence-electron chi connectivity index (χ4n) is 1.23. The zero-order valence-electron chi connectivity index (χ0n) is 7.83. The van der Waals surface area contributed by atoms with Gasteiger partial charge in [-0.3, -0.25) is 4.79 Å². The third kappa shape index (κ3) is 1.72. The Hall–Kier alpha value is -1.29. The summed E-state index contributed by atoms with van der Waals surface area (Å²) in [6.07, 6.45) is 3.59. The SMILES string of the molecule is COC1=C(N)CC(N)(C(C)=O)C=C1. The van der Waals surface area contributed by atoms with E-state index in [0.717, 1.165) is 0 Å². The van der Waals surface area contributed by atoms with Crippen LogP contribution in [0.3, 0.4) is 0 Å². The first-order valence-corrected chi connectivity index (χ1v) is 4.01. The molecule has 0 aliphatic heterocycles. The molecule has 1 atom stereocenters. The molecule has 4 heteroatoms. The smallest absolute Gasteiger partial charge is 0.153 e. The van der Waals surface area contributed by atoms with Crippen LogP contribution in [0.4, 0.5) is 0 Å². The zero-order valence-corrected chi connectivity index (χ0v) is 7.83. The van der Waals surface area contributed by atoms with E-state index in [1.54, 1.807) is 12.2 Å². The normalized spacial score (nSPS) is 27.6. The minimum atomic E-state index is -0.952. The van der Waals surface area contributed by atoms with Crippen molar-refractivity contribution in [2.75, 3.05) is 7.11 Å². The second kappa shape index (κ2) is 3.22. The number of allylic oxidation sites excluding steroid dienone is 1. The van der Waals surface area contributed by atoms with Crippen molar-refractivity contribution in [2.24, 2.45) is 11.5 Å². The first-order chi connectivity index (χ1) is 5.99. The molecule has 0 amide bonds. The fraction of sp³-hybridized carbons (Fsp3) is 0.444. The summed E-state index contributed by atoms with van der Waals surface area (Å²) in [4.78, 5) is 11.2. The summed E-state index contributed by atoms with van der Waals surface area (Å²) in [7, 11) is 1.53. The molecule has 0 spiro atoms. The van der Waals surface area contributed by atoms with Gasteiger partial charge < -0.3 is 16.2 Å². The molecule has 72 valence electrons. The molecule has 0 bridgehead atoms. The van der Waals surface area contributed by atoms with E-state index in [9.17, 15) is 4.79 Å². The number of nitrogens with two attached hydrogens (primary N) is 2. The highest BCUT2D eigenvalue weighted by Crippen LogP contribution is 2.23. The van der Waals surface area contributed by atoms with Gasteiger partial charge in [0.1, 0.15) is 5.76 Å². The predicted octanol–water partition coefficient (Wildman–Crippen LogP) is 0.0495. The van der Waals surface area contributed by atoms with Crippen molar-refractivity contribution in [1.29, 1.82) is 0 Å². The highest BCUT2D eigenvalue weighted by atomic mass is 16.5. The van der Waals surface area contributed by atoms with E-state index in [-0.39, 0.29) is 5.78 Å². The molecule has 0 aromatic rings. The average Bonchev–Trinajstić information content (AvgIpc) is 2.04. The predicted molar refractivity (Wildman–Crippen MR) is 49.6 cm³/mol. The van der Waals surface area contributed by atoms with Gasteiger partial charge in [0.25, 0.3) is 0 Å². The van der Waals surface area contributed by atoms with Crippen LogP contribution in [0.25, 0.3) is 0 Å². The first kappa shape index (κ1) is 9.80. The van der Waals surface area contributed by atoms with Crippen molar-refractivity contribution in [3.05, 3.63) is 23.6 Å². The van der Waals surface area contributed by atoms with E-state index < -0.39 is 5.54 Å². The highest BCUT2D eigenvalue weighted by Gasteiger charge is 2.31. The van der Waals surface area contributed by atoms with Crippen LogP contribution in [0.1, 0.15) is 13.3 Å². The number of carbonyl (C=O) groups excluding carboxylic acids is 1. The molecule has 1 rings (SSSR count). The van der Waals surface area contributed by atoms with Gasteiger partial charge in [0.2, 0.25) is 0 Å². The van der Waals surface area contributed by atoms with Crippen LogP contribution in [0.2, 0.25) is 0 Å². The van der Waals surface area contributed by atoms with Gasteiger partial charge in [0.15, 0.2) is 5.78 Å². The first-order valence-electron chi connectivity index (χ1n) is 4.01. The molecule has 1 aliphatic carbocycles. The fourth-order valence-corrected chi connectivity index (χ4v) is 1.23. The highest BCUT2D eigenvalue weighted by molar-refractivity contribution is 5.89. The molecule has 0 saturated heterocycles. The lowest BCUT2D eigenvalue weighted by Gasteiger charge is -2.26. The molecule has 0 radical (unpaired) electrons. The van der Waals surface area contributed by atoms with Crippen molar-refractivity contribution in [1.82, 2.24) is 0 Å². The van der Waals surface area contributed by atoms with Gasteiger partial charge in [0.05, 0.1) is 18.3 Å². The van der Waals surface area contributed by atoms with Gasteiger partial charge >= 0.3 is 0 Å². The largest absolute Gasteiger partial charge is 0.495 e. The lowest BCUT2D eigenvalue weighted by Crippen LogP contribution is -2.47. The van der Waals surface area contributed by atoms with Crippen molar-refractivity contribution < 1.29 is 9.53 Å². The summed E-state index contributed by atoms with van der Waals surface area (Å²) in [5.41, 5.74) is 11.0.